The van der Waals surface area contributed by atoms with E-state index in [0.717, 1.165) is 45.6 Å². The third-order valence-electron chi connectivity index (χ3n) is 4.37. The van der Waals surface area contributed by atoms with Gasteiger partial charge in [0.2, 0.25) is 0 Å². The van der Waals surface area contributed by atoms with E-state index in [1.807, 2.05) is 49.4 Å². The highest BCUT2D eigenvalue weighted by Gasteiger charge is 2.26. The smallest absolute Gasteiger partial charge is 0.256 e. The number of nitrogens with one attached hydrogen (secondary N) is 1. The molecule has 0 atom stereocenters. The number of rotatable bonds is 6. The normalized spacial score (nSPS) is 14.7. The van der Waals surface area contributed by atoms with Crippen molar-refractivity contribution in [2.45, 2.75) is 13.3 Å². The molecule has 0 saturated heterocycles. The van der Waals surface area contributed by atoms with Gasteiger partial charge in [-0.1, -0.05) is 28.1 Å². The average molecular weight is 415 g/mol. The molecule has 0 saturated carbocycles. The summed E-state index contributed by atoms with van der Waals surface area (Å²) in [5, 5.41) is 2.93. The van der Waals surface area contributed by atoms with Gasteiger partial charge in [-0.15, -0.1) is 0 Å². The molecule has 3 rings (SSSR count). The SMILES string of the molecule is Cc1c(Br)ccc2c1C(=Cc1ccc(OCCCN(C)C)cc1)C(=O)N2. The van der Waals surface area contributed by atoms with Gasteiger partial charge in [0.05, 0.1) is 6.61 Å². The first-order valence-electron chi connectivity index (χ1n) is 8.66. The van der Waals surface area contributed by atoms with Crippen molar-refractivity contribution in [1.82, 2.24) is 4.90 Å². The van der Waals surface area contributed by atoms with Crippen LogP contribution in [0.2, 0.25) is 0 Å². The minimum absolute atomic E-state index is 0.0646. The predicted octanol–water partition coefficient (Wildman–Crippen LogP) is 4.58. The van der Waals surface area contributed by atoms with Gasteiger partial charge >= 0.3 is 0 Å². The van der Waals surface area contributed by atoms with Crippen molar-refractivity contribution in [3.05, 3.63) is 57.6 Å². The van der Waals surface area contributed by atoms with E-state index < -0.39 is 0 Å². The maximum atomic E-state index is 12.4. The minimum atomic E-state index is -0.0646. The number of hydrogen-bond acceptors (Lipinski definition) is 3. The number of ether oxygens (including phenoxy) is 1. The van der Waals surface area contributed by atoms with Gasteiger partial charge in [-0.25, -0.2) is 0 Å². The maximum absolute atomic E-state index is 12.4. The van der Waals surface area contributed by atoms with E-state index in [9.17, 15) is 4.79 Å². The lowest BCUT2D eigenvalue weighted by Gasteiger charge is -2.10. The highest BCUT2D eigenvalue weighted by atomic mass is 79.9. The Morgan fingerprint density at radius 2 is 1.88 bits per heavy atom. The second-order valence-corrected chi connectivity index (χ2v) is 7.54. The van der Waals surface area contributed by atoms with Crippen LogP contribution in [0.25, 0.3) is 11.6 Å². The van der Waals surface area contributed by atoms with Gasteiger partial charge in [0.1, 0.15) is 5.75 Å². The van der Waals surface area contributed by atoms with E-state index in [0.29, 0.717) is 12.2 Å². The zero-order valence-electron chi connectivity index (χ0n) is 15.3. The average Bonchev–Trinajstić information content (AvgIpc) is 2.93. The largest absolute Gasteiger partial charge is 0.494 e. The quantitative estimate of drug-likeness (QED) is 0.555. The van der Waals surface area contributed by atoms with Crippen molar-refractivity contribution in [2.24, 2.45) is 0 Å². The Balaban J connectivity index is 1.75. The number of carbonyl (C=O) groups excluding carboxylic acids is 1. The summed E-state index contributed by atoms with van der Waals surface area (Å²) >= 11 is 3.54. The summed E-state index contributed by atoms with van der Waals surface area (Å²) < 4.78 is 6.76. The highest BCUT2D eigenvalue weighted by Crippen LogP contribution is 2.38. The van der Waals surface area contributed by atoms with E-state index in [4.69, 9.17) is 4.74 Å². The van der Waals surface area contributed by atoms with E-state index in [-0.39, 0.29) is 5.91 Å². The fourth-order valence-corrected chi connectivity index (χ4v) is 3.31. The van der Waals surface area contributed by atoms with Crippen molar-refractivity contribution in [2.75, 3.05) is 32.6 Å². The molecular formula is C21H23BrN2O2. The Morgan fingerprint density at radius 1 is 1.15 bits per heavy atom. The van der Waals surface area contributed by atoms with Crippen molar-refractivity contribution < 1.29 is 9.53 Å². The van der Waals surface area contributed by atoms with Crippen molar-refractivity contribution >= 4 is 39.2 Å². The predicted molar refractivity (Wildman–Crippen MR) is 110 cm³/mol. The molecule has 0 fully saturated rings. The minimum Gasteiger partial charge on any atom is -0.494 e. The van der Waals surface area contributed by atoms with Gasteiger partial charge < -0.3 is 15.0 Å². The first kappa shape index (κ1) is 18.7. The van der Waals surface area contributed by atoms with E-state index >= 15 is 0 Å². The zero-order chi connectivity index (χ0) is 18.7. The van der Waals surface area contributed by atoms with E-state index in [1.165, 1.54) is 0 Å². The third kappa shape index (κ3) is 4.17. The molecule has 4 nitrogen and oxygen atoms in total. The molecule has 2 aromatic rings. The van der Waals surface area contributed by atoms with Gasteiger partial charge in [0.15, 0.2) is 0 Å². The summed E-state index contributed by atoms with van der Waals surface area (Å²) in [5.41, 5.74) is 4.56. The molecule has 1 aliphatic rings. The van der Waals surface area contributed by atoms with Crippen LogP contribution in [0.5, 0.6) is 5.75 Å². The van der Waals surface area contributed by atoms with Crippen molar-refractivity contribution in [1.29, 1.82) is 0 Å². The monoisotopic (exact) mass is 414 g/mol. The van der Waals surface area contributed by atoms with Gasteiger partial charge in [0, 0.05) is 27.8 Å². The second kappa shape index (κ2) is 8.06. The summed E-state index contributed by atoms with van der Waals surface area (Å²) in [4.78, 5) is 14.5. The van der Waals surface area contributed by atoms with E-state index in [2.05, 4.69) is 40.2 Å². The number of halogens is 1. The van der Waals surface area contributed by atoms with Crippen LogP contribution in [0.1, 0.15) is 23.1 Å². The Bertz CT molecular complexity index is 842. The Kier molecular flexibility index (Phi) is 5.79. The summed E-state index contributed by atoms with van der Waals surface area (Å²) in [6.45, 7) is 3.72. The van der Waals surface area contributed by atoms with Crippen LogP contribution < -0.4 is 10.1 Å². The molecule has 5 heteroatoms. The molecule has 0 aromatic heterocycles. The Morgan fingerprint density at radius 3 is 2.58 bits per heavy atom. The van der Waals surface area contributed by atoms with Crippen molar-refractivity contribution in [3.8, 4) is 5.75 Å². The van der Waals surface area contributed by atoms with Gasteiger partial charge in [-0.3, -0.25) is 4.79 Å². The van der Waals surface area contributed by atoms with Gasteiger partial charge in [-0.2, -0.15) is 0 Å². The molecule has 1 N–H and O–H groups in total. The molecular weight excluding hydrogens is 392 g/mol. The van der Waals surface area contributed by atoms with Crippen LogP contribution in [-0.2, 0) is 4.79 Å². The first-order chi connectivity index (χ1) is 12.5. The molecule has 0 spiro atoms. The molecule has 136 valence electrons. The lowest BCUT2D eigenvalue weighted by molar-refractivity contribution is -0.110. The topological polar surface area (TPSA) is 41.6 Å². The third-order valence-corrected chi connectivity index (χ3v) is 5.23. The van der Waals surface area contributed by atoms with Crippen LogP contribution in [0.3, 0.4) is 0 Å². The van der Waals surface area contributed by atoms with Crippen LogP contribution >= 0.6 is 15.9 Å². The van der Waals surface area contributed by atoms with Crippen LogP contribution in [0.4, 0.5) is 5.69 Å². The van der Waals surface area contributed by atoms with Crippen LogP contribution in [-0.4, -0.2) is 38.1 Å². The molecule has 0 aliphatic carbocycles. The van der Waals surface area contributed by atoms with Crippen molar-refractivity contribution in [3.63, 3.8) is 0 Å². The molecule has 2 aromatic carbocycles. The Hall–Kier alpha value is -2.11. The second-order valence-electron chi connectivity index (χ2n) is 6.68. The number of nitrogens with zero attached hydrogens (tertiary/aromatic N) is 1. The van der Waals surface area contributed by atoms with Crippen LogP contribution in [0, 0.1) is 6.92 Å². The number of anilines is 1. The number of amides is 1. The number of benzene rings is 2. The fraction of sp³-hybridized carbons (Fsp3) is 0.286. The summed E-state index contributed by atoms with van der Waals surface area (Å²) in [6.07, 6.45) is 2.92. The van der Waals surface area contributed by atoms with Gasteiger partial charge in [0.25, 0.3) is 5.91 Å². The highest BCUT2D eigenvalue weighted by molar-refractivity contribution is 9.10. The molecule has 26 heavy (non-hydrogen) atoms. The standard InChI is InChI=1S/C21H23BrN2O2/c1-14-18(22)9-10-19-20(14)17(21(25)23-19)13-15-5-7-16(8-6-15)26-12-4-11-24(2)3/h5-10,13H,4,11-12H2,1-3H3,(H,23,25). The lowest BCUT2D eigenvalue weighted by atomic mass is 9.99. The van der Waals surface area contributed by atoms with Crippen LogP contribution in [0.15, 0.2) is 40.9 Å². The molecule has 1 aliphatic heterocycles. The maximum Gasteiger partial charge on any atom is 0.256 e. The lowest BCUT2D eigenvalue weighted by Crippen LogP contribution is -2.15. The molecule has 0 unspecified atom stereocenters. The van der Waals surface area contributed by atoms with E-state index in [1.54, 1.807) is 0 Å². The zero-order valence-corrected chi connectivity index (χ0v) is 16.9. The summed E-state index contributed by atoms with van der Waals surface area (Å²) in [5.74, 6) is 0.784. The first-order valence-corrected chi connectivity index (χ1v) is 9.45. The number of carbonyl (C=O) groups is 1. The summed E-state index contributed by atoms with van der Waals surface area (Å²) in [7, 11) is 4.11. The fourth-order valence-electron chi connectivity index (χ4n) is 2.98. The summed E-state index contributed by atoms with van der Waals surface area (Å²) in [6, 6.07) is 11.7. The Labute approximate surface area is 163 Å². The number of hydrogen-bond donors (Lipinski definition) is 1. The molecule has 0 radical (unpaired) electrons. The molecule has 1 heterocycles. The molecule has 0 bridgehead atoms. The number of fused-ring (bicyclic) bond motifs is 1. The molecule has 1 amide bonds. The van der Waals surface area contributed by atoms with Gasteiger partial charge in [-0.05, 0) is 68.9 Å².